The fraction of sp³-hybridized carbons (Fsp3) is 0.263. The number of carbonyl (C=O) groups is 1. The van der Waals surface area contributed by atoms with E-state index in [1.807, 2.05) is 12.1 Å². The van der Waals surface area contributed by atoms with Gasteiger partial charge >= 0.3 is 6.03 Å². The highest BCUT2D eigenvalue weighted by atomic mass is 19.1. The molecule has 0 saturated carbocycles. The summed E-state index contributed by atoms with van der Waals surface area (Å²) in [4.78, 5) is 16.2. The minimum absolute atomic E-state index is 0.108. The second kappa shape index (κ2) is 7.67. The number of nitrogens with zero attached hydrogens (tertiary/aromatic N) is 3. The van der Waals surface area contributed by atoms with E-state index in [-0.39, 0.29) is 11.8 Å². The normalized spacial score (nSPS) is 14.1. The topological polar surface area (TPSA) is 59.4 Å². The molecular formula is C19H19FN4O. The molecule has 2 aromatic carbocycles. The van der Waals surface area contributed by atoms with E-state index in [1.54, 1.807) is 29.2 Å². The lowest BCUT2D eigenvalue weighted by atomic mass is 10.2. The molecule has 1 N–H and O–H groups in total. The molecule has 0 aliphatic carbocycles. The van der Waals surface area contributed by atoms with Crippen LogP contribution in [0.4, 0.5) is 14.9 Å². The van der Waals surface area contributed by atoms with Gasteiger partial charge < -0.3 is 15.1 Å². The molecule has 0 atom stereocenters. The SMILES string of the molecule is N#Cc1ccc(N2CCN(C(=O)NCc3ccc(F)cc3)CC2)cc1. The number of rotatable bonds is 3. The van der Waals surface area contributed by atoms with Crippen molar-refractivity contribution in [2.45, 2.75) is 6.54 Å². The van der Waals surface area contributed by atoms with Crippen molar-refractivity contribution in [2.75, 3.05) is 31.1 Å². The Labute approximate surface area is 146 Å². The van der Waals surface area contributed by atoms with E-state index in [0.29, 0.717) is 25.2 Å². The van der Waals surface area contributed by atoms with E-state index in [2.05, 4.69) is 16.3 Å². The number of anilines is 1. The fourth-order valence-corrected chi connectivity index (χ4v) is 2.81. The van der Waals surface area contributed by atoms with Crippen molar-refractivity contribution >= 4 is 11.7 Å². The van der Waals surface area contributed by atoms with E-state index in [4.69, 9.17) is 5.26 Å². The number of carbonyl (C=O) groups excluding carboxylic acids is 1. The van der Waals surface area contributed by atoms with Gasteiger partial charge in [-0.25, -0.2) is 9.18 Å². The highest BCUT2D eigenvalue weighted by molar-refractivity contribution is 5.74. The van der Waals surface area contributed by atoms with Crippen LogP contribution in [0.1, 0.15) is 11.1 Å². The Hall–Kier alpha value is -3.07. The molecule has 128 valence electrons. The molecule has 0 unspecified atom stereocenters. The minimum atomic E-state index is -0.283. The molecule has 1 fully saturated rings. The van der Waals surface area contributed by atoms with Crippen LogP contribution >= 0.6 is 0 Å². The lowest BCUT2D eigenvalue weighted by molar-refractivity contribution is 0.194. The van der Waals surface area contributed by atoms with Gasteiger partial charge in [0.15, 0.2) is 0 Å². The predicted molar refractivity (Wildman–Crippen MR) is 93.6 cm³/mol. The lowest BCUT2D eigenvalue weighted by Gasteiger charge is -2.36. The van der Waals surface area contributed by atoms with Gasteiger partial charge in [-0.2, -0.15) is 5.26 Å². The first kappa shape index (κ1) is 16.8. The van der Waals surface area contributed by atoms with E-state index < -0.39 is 0 Å². The minimum Gasteiger partial charge on any atom is -0.368 e. The Morgan fingerprint density at radius 2 is 1.68 bits per heavy atom. The number of nitrogens with one attached hydrogen (secondary N) is 1. The maximum Gasteiger partial charge on any atom is 0.317 e. The van der Waals surface area contributed by atoms with Crippen LogP contribution in [0.25, 0.3) is 0 Å². The Balaban J connectivity index is 1.48. The first-order valence-corrected chi connectivity index (χ1v) is 8.18. The average molecular weight is 338 g/mol. The molecule has 1 heterocycles. The van der Waals surface area contributed by atoms with Gasteiger partial charge in [0.1, 0.15) is 5.82 Å². The van der Waals surface area contributed by atoms with Crippen LogP contribution in [0.15, 0.2) is 48.5 Å². The molecule has 1 aliphatic rings. The summed E-state index contributed by atoms with van der Waals surface area (Å²) in [6.45, 7) is 3.14. The fourth-order valence-electron chi connectivity index (χ4n) is 2.81. The highest BCUT2D eigenvalue weighted by Gasteiger charge is 2.21. The Morgan fingerprint density at radius 3 is 2.28 bits per heavy atom. The number of hydrogen-bond donors (Lipinski definition) is 1. The monoisotopic (exact) mass is 338 g/mol. The zero-order chi connectivity index (χ0) is 17.6. The van der Waals surface area contributed by atoms with E-state index in [1.165, 1.54) is 12.1 Å². The molecule has 0 spiro atoms. The molecule has 6 heteroatoms. The highest BCUT2D eigenvalue weighted by Crippen LogP contribution is 2.17. The summed E-state index contributed by atoms with van der Waals surface area (Å²) < 4.78 is 12.9. The first-order chi connectivity index (χ1) is 12.2. The summed E-state index contributed by atoms with van der Waals surface area (Å²) in [6.07, 6.45) is 0. The van der Waals surface area contributed by atoms with Gasteiger partial charge in [-0.1, -0.05) is 12.1 Å². The zero-order valence-electron chi connectivity index (χ0n) is 13.8. The number of piperazine rings is 1. The third kappa shape index (κ3) is 4.27. The quantitative estimate of drug-likeness (QED) is 0.936. The molecule has 3 rings (SSSR count). The molecule has 0 bridgehead atoms. The lowest BCUT2D eigenvalue weighted by Crippen LogP contribution is -2.51. The van der Waals surface area contributed by atoms with E-state index in [0.717, 1.165) is 24.3 Å². The third-order valence-electron chi connectivity index (χ3n) is 4.29. The van der Waals surface area contributed by atoms with Crippen molar-refractivity contribution in [3.8, 4) is 6.07 Å². The number of halogens is 1. The molecule has 0 aromatic heterocycles. The number of amides is 2. The maximum absolute atomic E-state index is 12.9. The van der Waals surface area contributed by atoms with Gasteiger partial charge in [0.2, 0.25) is 0 Å². The number of urea groups is 1. The molecule has 1 saturated heterocycles. The molecule has 0 radical (unpaired) electrons. The van der Waals surface area contributed by atoms with Crippen molar-refractivity contribution in [3.05, 3.63) is 65.5 Å². The van der Waals surface area contributed by atoms with Crippen LogP contribution in [-0.4, -0.2) is 37.1 Å². The van der Waals surface area contributed by atoms with Crippen molar-refractivity contribution in [1.29, 1.82) is 5.26 Å². The summed E-state index contributed by atoms with van der Waals surface area (Å²) in [5.41, 5.74) is 2.57. The van der Waals surface area contributed by atoms with Crippen molar-refractivity contribution < 1.29 is 9.18 Å². The Bertz CT molecular complexity index is 760. The average Bonchev–Trinajstić information content (AvgIpc) is 2.67. The predicted octanol–water partition coefficient (Wildman–Crippen LogP) is 2.73. The van der Waals surface area contributed by atoms with Gasteiger partial charge in [0, 0.05) is 38.4 Å². The number of hydrogen-bond acceptors (Lipinski definition) is 3. The van der Waals surface area contributed by atoms with E-state index in [9.17, 15) is 9.18 Å². The summed E-state index contributed by atoms with van der Waals surface area (Å²) in [7, 11) is 0. The second-order valence-corrected chi connectivity index (χ2v) is 5.92. The van der Waals surface area contributed by atoms with Gasteiger partial charge in [0.25, 0.3) is 0 Å². The van der Waals surface area contributed by atoms with Crippen LogP contribution < -0.4 is 10.2 Å². The second-order valence-electron chi connectivity index (χ2n) is 5.92. The van der Waals surface area contributed by atoms with Gasteiger partial charge in [-0.15, -0.1) is 0 Å². The number of nitriles is 1. The van der Waals surface area contributed by atoms with Crippen molar-refractivity contribution in [2.24, 2.45) is 0 Å². The van der Waals surface area contributed by atoms with Crippen molar-refractivity contribution in [1.82, 2.24) is 10.2 Å². The van der Waals surface area contributed by atoms with Crippen LogP contribution in [0.3, 0.4) is 0 Å². The smallest absolute Gasteiger partial charge is 0.317 e. The van der Waals surface area contributed by atoms with Crippen molar-refractivity contribution in [3.63, 3.8) is 0 Å². The summed E-state index contributed by atoms with van der Waals surface area (Å²) in [5.74, 6) is -0.283. The molecule has 2 aromatic rings. The maximum atomic E-state index is 12.9. The van der Waals surface area contributed by atoms with Gasteiger partial charge in [0.05, 0.1) is 11.6 Å². The summed E-state index contributed by atoms with van der Waals surface area (Å²) in [6, 6.07) is 15.6. The Kier molecular flexibility index (Phi) is 5.14. The van der Waals surface area contributed by atoms with Gasteiger partial charge in [-0.3, -0.25) is 0 Å². The first-order valence-electron chi connectivity index (χ1n) is 8.18. The zero-order valence-corrected chi connectivity index (χ0v) is 13.8. The van der Waals surface area contributed by atoms with E-state index >= 15 is 0 Å². The standard InChI is InChI=1S/C19H19FN4O/c20-17-5-1-16(2-6-17)14-22-19(25)24-11-9-23(10-12-24)18-7-3-15(13-21)4-8-18/h1-8H,9-12,14H2,(H,22,25). The van der Waals surface area contributed by atoms with Gasteiger partial charge in [-0.05, 0) is 42.0 Å². The molecule has 5 nitrogen and oxygen atoms in total. The van der Waals surface area contributed by atoms with Crippen LogP contribution in [0.2, 0.25) is 0 Å². The molecular weight excluding hydrogens is 319 g/mol. The molecule has 25 heavy (non-hydrogen) atoms. The van der Waals surface area contributed by atoms with Crippen LogP contribution in [0.5, 0.6) is 0 Å². The van der Waals surface area contributed by atoms with Crippen LogP contribution in [0, 0.1) is 17.1 Å². The summed E-state index contributed by atoms with van der Waals surface area (Å²) >= 11 is 0. The Morgan fingerprint density at radius 1 is 1.04 bits per heavy atom. The molecule has 2 amide bonds. The van der Waals surface area contributed by atoms with Crippen LogP contribution in [-0.2, 0) is 6.54 Å². The third-order valence-corrected chi connectivity index (χ3v) is 4.29. The summed E-state index contributed by atoms with van der Waals surface area (Å²) in [5, 5.41) is 11.7. The largest absolute Gasteiger partial charge is 0.368 e. The molecule has 1 aliphatic heterocycles. The number of benzene rings is 2.